The monoisotopic (exact) mass is 346 g/mol. The molecule has 0 bridgehead atoms. The Bertz CT molecular complexity index is 687. The van der Waals surface area contributed by atoms with Crippen LogP contribution in [0.5, 0.6) is 5.75 Å². The SMILES string of the molecule is CC(C)(C)OC(=O)NCCN/C=C(/C#N)C(=O)Nc1ccccc1O. The lowest BCUT2D eigenvalue weighted by Gasteiger charge is -2.19. The highest BCUT2D eigenvalue weighted by atomic mass is 16.6. The van der Waals surface area contributed by atoms with Crippen molar-refractivity contribution < 1.29 is 19.4 Å². The topological polar surface area (TPSA) is 123 Å². The number of phenolic OH excluding ortho intramolecular Hbond substituents is 1. The number of hydrogen-bond donors (Lipinski definition) is 4. The fourth-order valence-electron chi connectivity index (χ4n) is 1.64. The van der Waals surface area contributed by atoms with Crippen molar-refractivity contribution in [2.45, 2.75) is 26.4 Å². The fraction of sp³-hybridized carbons (Fsp3) is 0.353. The first kappa shape index (κ1) is 19.8. The number of carbonyl (C=O) groups is 2. The predicted molar refractivity (Wildman–Crippen MR) is 92.7 cm³/mol. The van der Waals surface area contributed by atoms with Crippen LogP contribution in [0.3, 0.4) is 0 Å². The summed E-state index contributed by atoms with van der Waals surface area (Å²) in [5.41, 5.74) is -0.535. The van der Waals surface area contributed by atoms with Gasteiger partial charge in [-0.1, -0.05) is 12.1 Å². The average molecular weight is 346 g/mol. The average Bonchev–Trinajstić information content (AvgIpc) is 2.51. The third kappa shape index (κ3) is 7.74. The Morgan fingerprint density at radius 1 is 1.28 bits per heavy atom. The molecule has 1 aromatic carbocycles. The van der Waals surface area contributed by atoms with Gasteiger partial charge >= 0.3 is 6.09 Å². The fourth-order valence-corrected chi connectivity index (χ4v) is 1.64. The van der Waals surface area contributed by atoms with E-state index in [1.165, 1.54) is 18.3 Å². The molecule has 0 saturated carbocycles. The zero-order chi connectivity index (χ0) is 18.9. The van der Waals surface area contributed by atoms with Crippen LogP contribution < -0.4 is 16.0 Å². The number of para-hydroxylation sites is 2. The molecule has 1 aromatic rings. The van der Waals surface area contributed by atoms with Gasteiger partial charge in [0, 0.05) is 19.3 Å². The van der Waals surface area contributed by atoms with Gasteiger partial charge in [-0.25, -0.2) is 4.79 Å². The molecule has 2 amide bonds. The summed E-state index contributed by atoms with van der Waals surface area (Å²) in [6.07, 6.45) is 0.697. The van der Waals surface area contributed by atoms with E-state index in [9.17, 15) is 14.7 Å². The van der Waals surface area contributed by atoms with Crippen molar-refractivity contribution in [1.29, 1.82) is 5.26 Å². The number of nitrogens with zero attached hydrogens (tertiary/aromatic N) is 1. The van der Waals surface area contributed by atoms with Crippen LogP contribution >= 0.6 is 0 Å². The van der Waals surface area contributed by atoms with Crippen molar-refractivity contribution >= 4 is 17.7 Å². The molecule has 0 unspecified atom stereocenters. The first-order chi connectivity index (χ1) is 11.7. The maximum absolute atomic E-state index is 12.0. The summed E-state index contributed by atoms with van der Waals surface area (Å²) >= 11 is 0. The van der Waals surface area contributed by atoms with Crippen molar-refractivity contribution in [2.75, 3.05) is 18.4 Å². The first-order valence-electron chi connectivity index (χ1n) is 7.63. The Hall–Kier alpha value is -3.21. The van der Waals surface area contributed by atoms with E-state index in [-0.39, 0.29) is 23.6 Å². The Labute approximate surface area is 146 Å². The Kier molecular flexibility index (Phi) is 7.28. The van der Waals surface area contributed by atoms with Gasteiger partial charge in [-0.05, 0) is 32.9 Å². The van der Waals surface area contributed by atoms with E-state index in [4.69, 9.17) is 10.00 Å². The van der Waals surface area contributed by atoms with Crippen molar-refractivity contribution in [3.8, 4) is 11.8 Å². The summed E-state index contributed by atoms with van der Waals surface area (Å²) in [5, 5.41) is 26.4. The molecular formula is C17H22N4O4. The molecule has 8 nitrogen and oxygen atoms in total. The van der Waals surface area contributed by atoms with Crippen LogP contribution in [0.2, 0.25) is 0 Å². The van der Waals surface area contributed by atoms with Crippen molar-refractivity contribution in [2.24, 2.45) is 0 Å². The number of ether oxygens (including phenoxy) is 1. The molecule has 0 atom stereocenters. The maximum Gasteiger partial charge on any atom is 0.407 e. The molecule has 0 fully saturated rings. The number of nitriles is 1. The molecule has 134 valence electrons. The molecule has 25 heavy (non-hydrogen) atoms. The van der Waals surface area contributed by atoms with Crippen LogP contribution in [0, 0.1) is 11.3 Å². The standard InChI is InChI=1S/C17H22N4O4/c1-17(2,3)25-16(24)20-9-8-19-11-12(10-18)15(23)21-13-6-4-5-7-14(13)22/h4-7,11,19,22H,8-9H2,1-3H3,(H,20,24)(H,21,23)/b12-11-. The number of carbonyl (C=O) groups excluding carboxylic acids is 2. The third-order valence-corrected chi connectivity index (χ3v) is 2.70. The number of phenols is 1. The second-order valence-corrected chi connectivity index (χ2v) is 6.02. The predicted octanol–water partition coefficient (Wildman–Crippen LogP) is 1.85. The third-order valence-electron chi connectivity index (χ3n) is 2.70. The summed E-state index contributed by atoms with van der Waals surface area (Å²) in [5.74, 6) is -0.751. The van der Waals surface area contributed by atoms with Gasteiger partial charge in [-0.2, -0.15) is 5.26 Å². The van der Waals surface area contributed by atoms with Gasteiger partial charge in [0.05, 0.1) is 5.69 Å². The maximum atomic E-state index is 12.0. The molecule has 4 N–H and O–H groups in total. The van der Waals surface area contributed by atoms with E-state index in [0.29, 0.717) is 6.54 Å². The van der Waals surface area contributed by atoms with Gasteiger partial charge in [-0.3, -0.25) is 4.79 Å². The highest BCUT2D eigenvalue weighted by Crippen LogP contribution is 2.21. The molecule has 0 aliphatic rings. The summed E-state index contributed by atoms with van der Waals surface area (Å²) in [4.78, 5) is 23.4. The zero-order valence-electron chi connectivity index (χ0n) is 14.4. The van der Waals surface area contributed by atoms with Crippen molar-refractivity contribution in [3.63, 3.8) is 0 Å². The number of anilines is 1. The van der Waals surface area contributed by atoms with Crippen LogP contribution in [-0.2, 0) is 9.53 Å². The van der Waals surface area contributed by atoms with Crippen LogP contribution in [0.25, 0.3) is 0 Å². The Morgan fingerprint density at radius 3 is 2.56 bits per heavy atom. The second-order valence-electron chi connectivity index (χ2n) is 6.02. The second kappa shape index (κ2) is 9.17. The number of nitrogens with one attached hydrogen (secondary N) is 3. The number of hydrogen-bond acceptors (Lipinski definition) is 6. The van der Waals surface area contributed by atoms with Gasteiger partial charge in [0.2, 0.25) is 0 Å². The van der Waals surface area contributed by atoms with Gasteiger partial charge in [0.15, 0.2) is 0 Å². The van der Waals surface area contributed by atoms with E-state index in [1.807, 2.05) is 0 Å². The summed E-state index contributed by atoms with van der Waals surface area (Å²) in [7, 11) is 0. The lowest BCUT2D eigenvalue weighted by molar-refractivity contribution is -0.112. The molecule has 0 radical (unpaired) electrons. The minimum absolute atomic E-state index is 0.0948. The van der Waals surface area contributed by atoms with Crippen LogP contribution in [0.4, 0.5) is 10.5 Å². The van der Waals surface area contributed by atoms with E-state index < -0.39 is 17.6 Å². The summed E-state index contributed by atoms with van der Waals surface area (Å²) < 4.78 is 5.07. The number of amides is 2. The van der Waals surface area contributed by atoms with Crippen LogP contribution in [-0.4, -0.2) is 35.8 Å². The summed E-state index contributed by atoms with van der Waals surface area (Å²) in [6, 6.07) is 7.96. The van der Waals surface area contributed by atoms with E-state index >= 15 is 0 Å². The van der Waals surface area contributed by atoms with Crippen LogP contribution in [0.1, 0.15) is 20.8 Å². The van der Waals surface area contributed by atoms with Gasteiger partial charge in [0.25, 0.3) is 5.91 Å². The normalized spacial score (nSPS) is 11.2. The molecule has 1 rings (SSSR count). The number of aromatic hydroxyl groups is 1. The highest BCUT2D eigenvalue weighted by molar-refractivity contribution is 6.07. The van der Waals surface area contributed by atoms with E-state index in [1.54, 1.807) is 39.0 Å². The molecular weight excluding hydrogens is 324 g/mol. The molecule has 0 aliphatic carbocycles. The van der Waals surface area contributed by atoms with Crippen LogP contribution in [0.15, 0.2) is 36.0 Å². The molecule has 0 aliphatic heterocycles. The van der Waals surface area contributed by atoms with Gasteiger partial charge in [0.1, 0.15) is 23.0 Å². The number of rotatable bonds is 6. The molecule has 0 heterocycles. The van der Waals surface area contributed by atoms with E-state index in [0.717, 1.165) is 0 Å². The van der Waals surface area contributed by atoms with E-state index in [2.05, 4.69) is 16.0 Å². The lowest BCUT2D eigenvalue weighted by Crippen LogP contribution is -2.35. The summed E-state index contributed by atoms with van der Waals surface area (Å²) in [6.45, 7) is 5.83. The Morgan fingerprint density at radius 2 is 1.96 bits per heavy atom. The largest absolute Gasteiger partial charge is 0.506 e. The molecule has 0 aromatic heterocycles. The first-order valence-corrected chi connectivity index (χ1v) is 7.63. The zero-order valence-corrected chi connectivity index (χ0v) is 14.4. The van der Waals surface area contributed by atoms with Crippen molar-refractivity contribution in [3.05, 3.63) is 36.0 Å². The lowest BCUT2D eigenvalue weighted by atomic mass is 10.2. The molecule has 0 saturated heterocycles. The molecule has 0 spiro atoms. The van der Waals surface area contributed by atoms with Gasteiger partial charge < -0.3 is 25.8 Å². The minimum atomic E-state index is -0.656. The Balaban J connectivity index is 2.44. The number of alkyl carbamates (subject to hydrolysis) is 1. The minimum Gasteiger partial charge on any atom is -0.506 e. The quantitative estimate of drug-likeness (QED) is 0.270. The highest BCUT2D eigenvalue weighted by Gasteiger charge is 2.15. The molecule has 8 heteroatoms. The smallest absolute Gasteiger partial charge is 0.407 e. The van der Waals surface area contributed by atoms with Gasteiger partial charge in [-0.15, -0.1) is 0 Å². The number of benzene rings is 1. The van der Waals surface area contributed by atoms with Crippen molar-refractivity contribution in [1.82, 2.24) is 10.6 Å².